The van der Waals surface area contributed by atoms with Crippen molar-refractivity contribution in [1.29, 1.82) is 0 Å². The highest BCUT2D eigenvalue weighted by molar-refractivity contribution is 7.18. The second kappa shape index (κ2) is 7.45. The number of aromatic nitrogens is 3. The van der Waals surface area contributed by atoms with Gasteiger partial charge in [-0.1, -0.05) is 12.1 Å². The molecule has 0 saturated carbocycles. The Morgan fingerprint density at radius 1 is 1.07 bits per heavy atom. The Bertz CT molecular complexity index is 1300. The van der Waals surface area contributed by atoms with Gasteiger partial charge in [0, 0.05) is 13.1 Å². The first-order valence-electron chi connectivity index (χ1n) is 8.72. The number of nitrogens with zero attached hydrogens (tertiary/aromatic N) is 3. The molecular weight excluding hydrogens is 419 g/mol. The lowest BCUT2D eigenvalue weighted by atomic mass is 10.3. The summed E-state index contributed by atoms with van der Waals surface area (Å²) >= 11 is 1.51. The van der Waals surface area contributed by atoms with E-state index >= 15 is 0 Å². The smallest absolute Gasteiger partial charge is 0.431 e. The Labute approximate surface area is 171 Å². The van der Waals surface area contributed by atoms with E-state index in [1.54, 1.807) is 0 Å². The van der Waals surface area contributed by atoms with Crippen LogP contribution in [0.5, 0.6) is 5.75 Å². The number of thiazole rings is 1. The number of hydrogen-bond acceptors (Lipinski definition) is 5. The zero-order valence-corrected chi connectivity index (χ0v) is 16.3. The van der Waals surface area contributed by atoms with Gasteiger partial charge in [0.05, 0.1) is 15.9 Å². The van der Waals surface area contributed by atoms with E-state index < -0.39 is 23.1 Å². The number of ether oxygens (including phenoxy) is 1. The van der Waals surface area contributed by atoms with Crippen molar-refractivity contribution < 1.29 is 17.9 Å². The first-order chi connectivity index (χ1) is 14.2. The molecule has 0 aliphatic heterocycles. The van der Waals surface area contributed by atoms with Crippen molar-refractivity contribution in [3.63, 3.8) is 0 Å². The van der Waals surface area contributed by atoms with Gasteiger partial charge in [-0.05, 0) is 36.4 Å². The van der Waals surface area contributed by atoms with Gasteiger partial charge in [-0.25, -0.2) is 14.3 Å². The zero-order chi connectivity index (χ0) is 21.5. The lowest BCUT2D eigenvalue weighted by Gasteiger charge is -2.14. The van der Waals surface area contributed by atoms with E-state index in [1.807, 2.05) is 24.3 Å². The Morgan fingerprint density at radius 2 is 1.77 bits per heavy atom. The van der Waals surface area contributed by atoms with Crippen LogP contribution in [-0.4, -0.2) is 14.1 Å². The molecule has 0 aliphatic carbocycles. The van der Waals surface area contributed by atoms with Gasteiger partial charge in [0.2, 0.25) is 0 Å². The number of fused-ring (bicyclic) bond motifs is 1. The van der Waals surface area contributed by atoms with Gasteiger partial charge in [0.1, 0.15) is 23.1 Å². The fourth-order valence-electron chi connectivity index (χ4n) is 2.95. The topological polar surface area (TPSA) is 66.1 Å². The SMILES string of the molecule is Cn1c(C(F)(F)F)cc(=O)n(-c2ccc(OCc3nc4ccccc4s3)cc2)c1=O. The monoisotopic (exact) mass is 433 g/mol. The van der Waals surface area contributed by atoms with Crippen molar-refractivity contribution in [1.82, 2.24) is 14.1 Å². The van der Waals surface area contributed by atoms with Crippen molar-refractivity contribution in [3.8, 4) is 11.4 Å². The summed E-state index contributed by atoms with van der Waals surface area (Å²) < 4.78 is 46.7. The minimum Gasteiger partial charge on any atom is -0.486 e. The summed E-state index contributed by atoms with van der Waals surface area (Å²) in [6.45, 7) is 0.237. The van der Waals surface area contributed by atoms with E-state index in [2.05, 4.69) is 4.98 Å². The molecule has 0 amide bonds. The second-order valence-electron chi connectivity index (χ2n) is 6.40. The van der Waals surface area contributed by atoms with Crippen LogP contribution < -0.4 is 16.0 Å². The van der Waals surface area contributed by atoms with Crippen molar-refractivity contribution >= 4 is 21.6 Å². The van der Waals surface area contributed by atoms with E-state index in [4.69, 9.17) is 4.74 Å². The van der Waals surface area contributed by atoms with Crippen molar-refractivity contribution in [2.24, 2.45) is 7.05 Å². The molecule has 4 rings (SSSR count). The summed E-state index contributed by atoms with van der Waals surface area (Å²) in [5.74, 6) is 0.467. The third-order valence-corrected chi connectivity index (χ3v) is 5.42. The van der Waals surface area contributed by atoms with E-state index in [1.165, 1.54) is 35.6 Å². The van der Waals surface area contributed by atoms with Crippen LogP contribution in [0.3, 0.4) is 0 Å². The fraction of sp³-hybridized carbons (Fsp3) is 0.150. The molecule has 0 saturated heterocycles. The van der Waals surface area contributed by atoms with Crippen LogP contribution >= 0.6 is 11.3 Å². The lowest BCUT2D eigenvalue weighted by molar-refractivity contribution is -0.144. The molecule has 0 atom stereocenters. The minimum atomic E-state index is -4.80. The molecule has 0 spiro atoms. The highest BCUT2D eigenvalue weighted by Crippen LogP contribution is 2.27. The first kappa shape index (κ1) is 19.9. The Balaban J connectivity index is 1.57. The lowest BCUT2D eigenvalue weighted by Crippen LogP contribution is -2.40. The molecule has 0 fully saturated rings. The van der Waals surface area contributed by atoms with Crippen LogP contribution in [-0.2, 0) is 19.8 Å². The standard InChI is InChI=1S/C20H14F3N3O3S/c1-25-16(20(21,22)23)10-18(27)26(19(25)28)12-6-8-13(9-7-12)29-11-17-24-14-4-2-3-5-15(14)30-17/h2-10H,11H2,1H3. The van der Waals surface area contributed by atoms with Crippen LogP contribution in [0.15, 0.2) is 64.2 Å². The number of alkyl halides is 3. The second-order valence-corrected chi connectivity index (χ2v) is 7.52. The maximum atomic E-state index is 13.0. The minimum absolute atomic E-state index is 0.140. The van der Waals surface area contributed by atoms with Crippen molar-refractivity contribution in [3.05, 3.63) is 86.1 Å². The molecule has 0 unspecified atom stereocenters. The number of rotatable bonds is 4. The Morgan fingerprint density at radius 3 is 2.43 bits per heavy atom. The average Bonchev–Trinajstić information content (AvgIpc) is 3.12. The highest BCUT2D eigenvalue weighted by Gasteiger charge is 2.35. The number of halogens is 3. The number of benzene rings is 2. The molecule has 154 valence electrons. The van der Waals surface area contributed by atoms with Gasteiger partial charge in [-0.2, -0.15) is 13.2 Å². The summed E-state index contributed by atoms with van der Waals surface area (Å²) in [6, 6.07) is 14.0. The zero-order valence-electron chi connectivity index (χ0n) is 15.5. The van der Waals surface area contributed by atoms with Gasteiger partial charge in [0.25, 0.3) is 5.56 Å². The van der Waals surface area contributed by atoms with E-state index in [-0.39, 0.29) is 12.3 Å². The third-order valence-electron chi connectivity index (χ3n) is 4.41. The van der Waals surface area contributed by atoms with E-state index in [9.17, 15) is 22.8 Å². The fourth-order valence-corrected chi connectivity index (χ4v) is 3.83. The Hall–Kier alpha value is -3.40. The predicted octanol–water partition coefficient (Wildman–Crippen LogP) is 3.74. The molecule has 10 heteroatoms. The molecule has 2 aromatic heterocycles. The molecule has 0 radical (unpaired) electrons. The molecule has 0 N–H and O–H groups in total. The molecule has 4 aromatic rings. The van der Waals surface area contributed by atoms with E-state index in [0.717, 1.165) is 22.3 Å². The van der Waals surface area contributed by atoms with Crippen LogP contribution in [0.2, 0.25) is 0 Å². The van der Waals surface area contributed by atoms with Crippen LogP contribution in [0.4, 0.5) is 13.2 Å². The van der Waals surface area contributed by atoms with Crippen LogP contribution in [0.25, 0.3) is 15.9 Å². The first-order valence-corrected chi connectivity index (χ1v) is 9.53. The molecule has 2 aromatic carbocycles. The summed E-state index contributed by atoms with van der Waals surface area (Å²) in [5.41, 5.74) is -2.42. The summed E-state index contributed by atoms with van der Waals surface area (Å²) in [6.07, 6.45) is -4.80. The largest absolute Gasteiger partial charge is 0.486 e. The normalized spacial score (nSPS) is 11.7. The Kier molecular flexibility index (Phi) is 4.94. The maximum absolute atomic E-state index is 13.0. The molecule has 0 aliphatic rings. The summed E-state index contributed by atoms with van der Waals surface area (Å²) in [5, 5.41) is 0.785. The number of hydrogen-bond donors (Lipinski definition) is 0. The third kappa shape index (κ3) is 3.73. The summed E-state index contributed by atoms with van der Waals surface area (Å²) in [4.78, 5) is 28.9. The summed E-state index contributed by atoms with van der Waals surface area (Å²) in [7, 11) is 0.969. The van der Waals surface area contributed by atoms with Gasteiger partial charge in [0.15, 0.2) is 0 Å². The van der Waals surface area contributed by atoms with Gasteiger partial charge >= 0.3 is 11.9 Å². The van der Waals surface area contributed by atoms with Gasteiger partial charge in [-0.3, -0.25) is 9.36 Å². The molecule has 30 heavy (non-hydrogen) atoms. The molecular formula is C20H14F3N3O3S. The van der Waals surface area contributed by atoms with Gasteiger partial charge < -0.3 is 4.74 Å². The van der Waals surface area contributed by atoms with Gasteiger partial charge in [-0.15, -0.1) is 11.3 Å². The molecule has 0 bridgehead atoms. The van der Waals surface area contributed by atoms with Crippen LogP contribution in [0, 0.1) is 0 Å². The average molecular weight is 433 g/mol. The molecule has 6 nitrogen and oxygen atoms in total. The van der Waals surface area contributed by atoms with E-state index in [0.29, 0.717) is 21.0 Å². The molecule has 2 heterocycles. The van der Waals surface area contributed by atoms with Crippen LogP contribution in [0.1, 0.15) is 10.7 Å². The van der Waals surface area contributed by atoms with Crippen molar-refractivity contribution in [2.45, 2.75) is 12.8 Å². The van der Waals surface area contributed by atoms with Crippen molar-refractivity contribution in [2.75, 3.05) is 0 Å². The number of para-hydroxylation sites is 1. The quantitative estimate of drug-likeness (QED) is 0.492. The highest BCUT2D eigenvalue weighted by atomic mass is 32.1. The maximum Gasteiger partial charge on any atom is 0.431 e. The predicted molar refractivity (Wildman–Crippen MR) is 106 cm³/mol.